The molecule has 490 valence electrons. The molecular weight excluding hydrogens is 1270 g/mol. The number of nitrogens with one attached hydrogen (secondary N) is 7. The van der Waals surface area contributed by atoms with E-state index in [9.17, 15) is 53.4 Å². The van der Waals surface area contributed by atoms with E-state index in [4.69, 9.17) is 62.8 Å². The molecule has 5 rings (SSSR count). The van der Waals surface area contributed by atoms with E-state index in [0.29, 0.717) is 22.9 Å². The van der Waals surface area contributed by atoms with Crippen LogP contribution in [-0.2, 0) is 63.7 Å². The molecule has 31 heteroatoms. The van der Waals surface area contributed by atoms with E-state index < -0.39 is 114 Å². The first-order chi connectivity index (χ1) is 42.1. The van der Waals surface area contributed by atoms with Gasteiger partial charge in [0.15, 0.2) is 10.8 Å². The Hall–Kier alpha value is -7.19. The smallest absolute Gasteiger partial charge is 0.411 e. The van der Waals surface area contributed by atoms with Gasteiger partial charge in [0, 0.05) is 68.5 Å². The third-order valence-corrected chi connectivity index (χ3v) is 16.0. The lowest BCUT2D eigenvalue weighted by Crippen LogP contribution is -2.64. The molecule has 0 saturated carbocycles. The van der Waals surface area contributed by atoms with E-state index in [1.165, 1.54) is 44.4 Å². The Bertz CT molecular complexity index is 2940. The highest BCUT2D eigenvalue weighted by molar-refractivity contribution is 9.10. The SMILES string of the molecule is COc1cc2cc(c1Cl)N(C)C(=O)C[C@H](OC(=O)Nc1ccc(NC(=O)[C@H](CCCNC(N)=O)NC(=O)[C@@H](NC(=S)NCCOCCOCCC(=O)ON3C(=O)CCC3=O)C(C)C)cc1Br)C(C)[C@@H](O)[C@H](C)[C@@H]1C[C@@](O)(NC(=O)O1)[C@H](OC)/C=C/C=C(\C)C2. The molecule has 0 spiro atoms. The molecule has 28 nitrogen and oxygen atoms in total. The van der Waals surface area contributed by atoms with E-state index in [0.717, 1.165) is 11.1 Å². The summed E-state index contributed by atoms with van der Waals surface area (Å²) in [6.07, 6.45) is -2.14. The van der Waals surface area contributed by atoms with Crippen LogP contribution in [0.5, 0.6) is 5.75 Å². The van der Waals surface area contributed by atoms with Gasteiger partial charge in [-0.2, -0.15) is 0 Å². The van der Waals surface area contributed by atoms with E-state index in [1.807, 2.05) is 6.92 Å². The Balaban J connectivity index is 1.24. The number of carbonyl (C=O) groups excluding carboxylic acids is 9. The summed E-state index contributed by atoms with van der Waals surface area (Å²) in [5, 5.41) is 43.7. The minimum absolute atomic E-state index is 0.0123. The molecule has 1 unspecified atom stereocenters. The summed E-state index contributed by atoms with van der Waals surface area (Å²) in [7, 11) is 4.31. The molecule has 3 aliphatic rings. The molecule has 2 fully saturated rings. The second-order valence-electron chi connectivity index (χ2n) is 21.8. The van der Waals surface area contributed by atoms with Crippen molar-refractivity contribution < 1.29 is 86.6 Å². The highest BCUT2D eigenvalue weighted by Crippen LogP contribution is 2.38. The van der Waals surface area contributed by atoms with Crippen molar-refractivity contribution in [3.63, 3.8) is 0 Å². The molecule has 2 saturated heterocycles. The van der Waals surface area contributed by atoms with Gasteiger partial charge in [-0.15, -0.1) is 5.06 Å². The summed E-state index contributed by atoms with van der Waals surface area (Å²) < 4.78 is 34.0. The van der Waals surface area contributed by atoms with Crippen LogP contribution < -0.4 is 52.6 Å². The van der Waals surface area contributed by atoms with Crippen molar-refractivity contribution in [1.29, 1.82) is 0 Å². The molecule has 89 heavy (non-hydrogen) atoms. The van der Waals surface area contributed by atoms with Crippen LogP contribution >= 0.6 is 39.7 Å². The number of imide groups is 1. The topological polar surface area (TPSA) is 375 Å². The van der Waals surface area contributed by atoms with Crippen molar-refractivity contribution in [3.05, 3.63) is 69.2 Å². The number of hydrogen-bond donors (Lipinski definition) is 10. The van der Waals surface area contributed by atoms with Crippen molar-refractivity contribution >= 4 is 116 Å². The molecule has 3 aliphatic heterocycles. The third-order valence-electron chi connectivity index (χ3n) is 14.7. The van der Waals surface area contributed by atoms with Crippen molar-refractivity contribution in [3.8, 4) is 5.75 Å². The average molecular weight is 1350 g/mol. The first kappa shape index (κ1) is 72.6. The number of methoxy groups -OCH3 is 2. The number of ether oxygens (including phenoxy) is 6. The van der Waals surface area contributed by atoms with Crippen LogP contribution in [0.4, 0.5) is 31.4 Å². The van der Waals surface area contributed by atoms with E-state index >= 15 is 0 Å². The van der Waals surface area contributed by atoms with Gasteiger partial charge in [0.05, 0.1) is 63.9 Å². The molecule has 0 aliphatic carbocycles. The summed E-state index contributed by atoms with van der Waals surface area (Å²) in [6.45, 7) is 9.34. The highest BCUT2D eigenvalue weighted by atomic mass is 79.9. The molecule has 9 amide bonds. The fourth-order valence-corrected chi connectivity index (χ4v) is 10.7. The number of allylic oxidation sites excluding steroid dienone is 3. The zero-order valence-electron chi connectivity index (χ0n) is 50.8. The summed E-state index contributed by atoms with van der Waals surface area (Å²) in [4.78, 5) is 122. The summed E-state index contributed by atoms with van der Waals surface area (Å²) >= 11 is 15.7. The minimum Gasteiger partial charge on any atom is -0.495 e. The number of benzene rings is 2. The first-order valence-corrected chi connectivity index (χ1v) is 30.3. The lowest BCUT2D eigenvalue weighted by molar-refractivity contribution is -0.198. The second-order valence-corrected chi connectivity index (χ2v) is 23.5. The number of fused-ring (bicyclic) bond motifs is 4. The number of amides is 9. The molecule has 9 atom stereocenters. The van der Waals surface area contributed by atoms with Crippen LogP contribution in [0.25, 0.3) is 0 Å². The maximum Gasteiger partial charge on any atom is 0.411 e. The number of hydroxylamine groups is 2. The molecular formula is C58H80BrClN10O18S. The largest absolute Gasteiger partial charge is 0.495 e. The Labute approximate surface area is 534 Å². The van der Waals surface area contributed by atoms with E-state index in [2.05, 4.69) is 53.1 Å². The van der Waals surface area contributed by atoms with E-state index in [-0.39, 0.29) is 110 Å². The molecule has 2 aromatic carbocycles. The van der Waals surface area contributed by atoms with Crippen LogP contribution in [0.2, 0.25) is 5.02 Å². The Kier molecular flexibility index (Phi) is 28.3. The maximum atomic E-state index is 14.4. The summed E-state index contributed by atoms with van der Waals surface area (Å²) in [5.41, 5.74) is 5.54. The van der Waals surface area contributed by atoms with Crippen LogP contribution in [-0.4, -0.2) is 177 Å². The number of primary amides is 1. The van der Waals surface area contributed by atoms with Gasteiger partial charge < -0.3 is 80.7 Å². The third kappa shape index (κ3) is 21.8. The number of hydrogen-bond acceptors (Lipinski definition) is 19. The fraction of sp³-hybridized carbons (Fsp3) is 0.552. The number of nitrogens with zero attached hydrogens (tertiary/aromatic N) is 2. The second kappa shape index (κ2) is 34.7. The number of aliphatic hydroxyl groups is 2. The zero-order valence-corrected chi connectivity index (χ0v) is 53.9. The highest BCUT2D eigenvalue weighted by Gasteiger charge is 2.49. The molecule has 3 heterocycles. The van der Waals surface area contributed by atoms with Crippen molar-refractivity contribution in [2.75, 3.05) is 76.3 Å². The van der Waals surface area contributed by atoms with E-state index in [1.54, 1.807) is 58.1 Å². The Morgan fingerprint density at radius 1 is 0.933 bits per heavy atom. The predicted molar refractivity (Wildman–Crippen MR) is 332 cm³/mol. The standard InChI is InChI=1S/C58H80BrClN10O18S/c1-31(2)50(67-55(89)63-20-22-85-24-23-84-21-18-48(74)88-70-45(71)16-17-46(70)72)53(77)65-39(12-10-19-62-54(61)78)52(76)64-36-14-15-38(37(59)28-36)66-56(79)86-41-29-47(73)69(6)40-26-35(27-42(82-7)49(40)60)25-32(3)11-9-13-44(83-8)58(81)30-43(87-57(80)68-58)34(5)51(75)33(41)4/h9,11,13-15,26-28,31,33-34,39,41,43-44,50-51,75,81H,10,12,16-25,29-30H2,1-8H3,(H,64,76)(H,65,77)(H,66,79)(H,68,80)(H3,61,62,78)(H2,63,67,89)/b13-9+,32-11+/t33?,34-,39+,41+,43+,44-,50+,51-,58+/m1/s1. The van der Waals surface area contributed by atoms with Gasteiger partial charge in [0.25, 0.3) is 11.8 Å². The van der Waals surface area contributed by atoms with Crippen molar-refractivity contribution in [2.24, 2.45) is 23.5 Å². The zero-order chi connectivity index (χ0) is 65.7. The first-order valence-electron chi connectivity index (χ1n) is 28.7. The lowest BCUT2D eigenvalue weighted by Gasteiger charge is -2.43. The monoisotopic (exact) mass is 1350 g/mol. The number of rotatable bonds is 24. The Morgan fingerprint density at radius 3 is 2.28 bits per heavy atom. The number of halogens is 2. The lowest BCUT2D eigenvalue weighted by atomic mass is 9.81. The number of aliphatic hydroxyl groups excluding tert-OH is 1. The predicted octanol–water partition coefficient (Wildman–Crippen LogP) is 4.37. The average Bonchev–Trinajstić information content (AvgIpc) is 2.19. The van der Waals surface area contributed by atoms with Crippen molar-refractivity contribution in [2.45, 2.75) is 128 Å². The summed E-state index contributed by atoms with van der Waals surface area (Å²) in [6, 6.07) is 5.00. The fourth-order valence-electron chi connectivity index (χ4n) is 9.68. The van der Waals surface area contributed by atoms with Gasteiger partial charge in [-0.1, -0.05) is 63.1 Å². The van der Waals surface area contributed by atoms with Crippen LogP contribution in [0.15, 0.2) is 58.6 Å². The Morgan fingerprint density at radius 2 is 1.63 bits per heavy atom. The normalized spacial score (nSPS) is 23.1. The molecule has 0 aromatic heterocycles. The number of alkyl carbamates (subject to hydrolysis) is 1. The van der Waals surface area contributed by atoms with Crippen LogP contribution in [0.1, 0.15) is 85.1 Å². The molecule has 0 radical (unpaired) electrons. The summed E-state index contributed by atoms with van der Waals surface area (Å²) in [5.74, 6) is -5.72. The minimum atomic E-state index is -1.98. The van der Waals surface area contributed by atoms with Gasteiger partial charge in [0.1, 0.15) is 41.2 Å². The molecule has 11 N–H and O–H groups in total. The van der Waals surface area contributed by atoms with Gasteiger partial charge in [-0.25, -0.2) is 19.2 Å². The van der Waals surface area contributed by atoms with Crippen LogP contribution in [0, 0.1) is 17.8 Å². The molecule has 4 bridgehead atoms. The van der Waals surface area contributed by atoms with Gasteiger partial charge in [-0.3, -0.25) is 34.6 Å². The van der Waals surface area contributed by atoms with Gasteiger partial charge in [-0.05, 0) is 96.1 Å². The number of urea groups is 1. The maximum absolute atomic E-state index is 14.4. The van der Waals surface area contributed by atoms with Gasteiger partial charge in [0.2, 0.25) is 17.7 Å². The van der Waals surface area contributed by atoms with Gasteiger partial charge >= 0.3 is 24.2 Å². The van der Waals surface area contributed by atoms with Crippen LogP contribution in [0.3, 0.4) is 0 Å². The number of nitrogens with two attached hydrogens (primary N) is 1. The number of anilines is 3. The quantitative estimate of drug-likeness (QED) is 0.0396. The molecule has 2 aromatic rings. The number of thiocarbonyl (C=S) groups is 1. The van der Waals surface area contributed by atoms with Crippen molar-refractivity contribution in [1.82, 2.24) is 31.6 Å². The number of carbonyl (C=O) groups is 9.